The van der Waals surface area contributed by atoms with Gasteiger partial charge >= 0.3 is 0 Å². The van der Waals surface area contributed by atoms with E-state index >= 15 is 0 Å². The lowest BCUT2D eigenvalue weighted by Gasteiger charge is -2.18. The molecular weight excluding hydrogens is 262 g/mol. The van der Waals surface area contributed by atoms with Crippen molar-refractivity contribution in [3.05, 3.63) is 35.4 Å². The van der Waals surface area contributed by atoms with E-state index in [2.05, 4.69) is 69.0 Å². The molecule has 0 aliphatic rings. The van der Waals surface area contributed by atoms with Crippen LogP contribution in [0.2, 0.25) is 0 Å². The van der Waals surface area contributed by atoms with Crippen molar-refractivity contribution in [1.29, 1.82) is 0 Å². The van der Waals surface area contributed by atoms with E-state index < -0.39 is 0 Å². The molecule has 1 aromatic rings. The highest BCUT2D eigenvalue weighted by Gasteiger charge is 2.10. The lowest BCUT2D eigenvalue weighted by atomic mass is 10.0. The molecule has 1 unspecified atom stereocenters. The molecule has 0 saturated carbocycles. The Morgan fingerprint density at radius 1 is 1.10 bits per heavy atom. The Kier molecular flexibility index (Phi) is 9.04. The SMILES string of the molecule is CCCc1ccc(C(CSCCC(C)C)NCC)cc1. The molecule has 1 rings (SSSR count). The first-order valence-corrected chi connectivity index (χ1v) is 9.22. The van der Waals surface area contributed by atoms with Gasteiger partial charge in [0.15, 0.2) is 0 Å². The molecule has 2 heteroatoms. The van der Waals surface area contributed by atoms with Crippen LogP contribution in [0.4, 0.5) is 0 Å². The summed E-state index contributed by atoms with van der Waals surface area (Å²) in [6.07, 6.45) is 3.73. The highest BCUT2D eigenvalue weighted by atomic mass is 32.2. The molecule has 0 aromatic heterocycles. The predicted molar refractivity (Wildman–Crippen MR) is 93.6 cm³/mol. The number of hydrogen-bond donors (Lipinski definition) is 1. The van der Waals surface area contributed by atoms with Crippen molar-refractivity contribution in [2.45, 2.75) is 53.0 Å². The summed E-state index contributed by atoms with van der Waals surface area (Å²) in [6.45, 7) is 10.1. The van der Waals surface area contributed by atoms with Gasteiger partial charge in [0, 0.05) is 11.8 Å². The van der Waals surface area contributed by atoms with Crippen molar-refractivity contribution in [1.82, 2.24) is 5.32 Å². The van der Waals surface area contributed by atoms with E-state index in [1.807, 2.05) is 0 Å². The fraction of sp³-hybridized carbons (Fsp3) is 0.667. The number of nitrogens with one attached hydrogen (secondary N) is 1. The molecule has 20 heavy (non-hydrogen) atoms. The second-order valence-corrected chi connectivity index (χ2v) is 7.01. The molecule has 1 nitrogen and oxygen atoms in total. The molecule has 1 atom stereocenters. The van der Waals surface area contributed by atoms with Gasteiger partial charge in [-0.15, -0.1) is 0 Å². The highest BCUT2D eigenvalue weighted by molar-refractivity contribution is 7.99. The van der Waals surface area contributed by atoms with E-state index in [9.17, 15) is 0 Å². The molecule has 114 valence electrons. The Labute approximate surface area is 129 Å². The van der Waals surface area contributed by atoms with Crippen molar-refractivity contribution in [2.24, 2.45) is 5.92 Å². The van der Waals surface area contributed by atoms with Crippen LogP contribution in [0, 0.1) is 5.92 Å². The first-order valence-electron chi connectivity index (χ1n) is 8.07. The Balaban J connectivity index is 2.51. The Hall–Kier alpha value is -0.470. The summed E-state index contributed by atoms with van der Waals surface area (Å²) in [7, 11) is 0. The molecule has 0 saturated heterocycles. The van der Waals surface area contributed by atoms with Gasteiger partial charge in [-0.05, 0) is 42.2 Å². The van der Waals surface area contributed by atoms with Crippen molar-refractivity contribution in [2.75, 3.05) is 18.1 Å². The minimum absolute atomic E-state index is 0.493. The fourth-order valence-electron chi connectivity index (χ4n) is 2.24. The van der Waals surface area contributed by atoms with Crippen molar-refractivity contribution >= 4 is 11.8 Å². The molecule has 0 aliphatic carbocycles. The summed E-state index contributed by atoms with van der Waals surface area (Å²) < 4.78 is 0. The molecule has 0 aliphatic heterocycles. The summed E-state index contributed by atoms with van der Waals surface area (Å²) in [5.41, 5.74) is 2.89. The van der Waals surface area contributed by atoms with Crippen LogP contribution in [0.3, 0.4) is 0 Å². The zero-order valence-electron chi connectivity index (χ0n) is 13.6. The van der Waals surface area contributed by atoms with Crippen molar-refractivity contribution in [3.63, 3.8) is 0 Å². The zero-order chi connectivity index (χ0) is 14.8. The normalized spacial score (nSPS) is 12.8. The van der Waals surface area contributed by atoms with Gasteiger partial charge in [0.25, 0.3) is 0 Å². The third kappa shape index (κ3) is 6.81. The summed E-state index contributed by atoms with van der Waals surface area (Å²) >= 11 is 2.08. The Morgan fingerprint density at radius 2 is 1.80 bits per heavy atom. The Morgan fingerprint density at radius 3 is 2.35 bits per heavy atom. The number of thioether (sulfide) groups is 1. The van der Waals surface area contributed by atoms with Gasteiger partial charge in [0.2, 0.25) is 0 Å². The highest BCUT2D eigenvalue weighted by Crippen LogP contribution is 2.21. The maximum Gasteiger partial charge on any atom is 0.0411 e. The van der Waals surface area contributed by atoms with Gasteiger partial charge in [-0.25, -0.2) is 0 Å². The summed E-state index contributed by atoms with van der Waals surface area (Å²) in [5.74, 6) is 3.26. The van der Waals surface area contributed by atoms with Crippen LogP contribution >= 0.6 is 11.8 Å². The standard InChI is InChI=1S/C18H31NS/c1-5-7-16-8-10-17(11-9-16)18(19-6-2)14-20-13-12-15(3)4/h8-11,15,18-19H,5-7,12-14H2,1-4H3. The fourth-order valence-corrected chi connectivity index (χ4v) is 3.60. The van der Waals surface area contributed by atoms with E-state index in [4.69, 9.17) is 0 Å². The van der Waals surface area contributed by atoms with Gasteiger partial charge in [0.05, 0.1) is 0 Å². The van der Waals surface area contributed by atoms with E-state index in [-0.39, 0.29) is 0 Å². The van der Waals surface area contributed by atoms with Crippen LogP contribution in [-0.2, 0) is 6.42 Å². The summed E-state index contributed by atoms with van der Waals surface area (Å²) in [6, 6.07) is 9.69. The van der Waals surface area contributed by atoms with E-state index in [0.29, 0.717) is 6.04 Å². The number of rotatable bonds is 10. The average molecular weight is 294 g/mol. The maximum atomic E-state index is 3.62. The van der Waals surface area contributed by atoms with Gasteiger partial charge < -0.3 is 5.32 Å². The van der Waals surface area contributed by atoms with Crippen LogP contribution in [0.25, 0.3) is 0 Å². The minimum Gasteiger partial charge on any atom is -0.310 e. The van der Waals surface area contributed by atoms with Crippen LogP contribution in [0.1, 0.15) is 57.7 Å². The minimum atomic E-state index is 0.493. The predicted octanol–water partition coefficient (Wildman–Crippen LogP) is 5.07. The third-order valence-electron chi connectivity index (χ3n) is 3.50. The summed E-state index contributed by atoms with van der Waals surface area (Å²) in [4.78, 5) is 0. The largest absolute Gasteiger partial charge is 0.310 e. The molecule has 1 N–H and O–H groups in total. The molecule has 0 amide bonds. The van der Waals surface area contributed by atoms with E-state index in [0.717, 1.165) is 12.5 Å². The lowest BCUT2D eigenvalue weighted by molar-refractivity contribution is 0.602. The van der Waals surface area contributed by atoms with Crippen LogP contribution in [0.5, 0.6) is 0 Å². The molecule has 0 spiro atoms. The van der Waals surface area contributed by atoms with Gasteiger partial charge in [-0.1, -0.05) is 58.4 Å². The van der Waals surface area contributed by atoms with Gasteiger partial charge in [-0.3, -0.25) is 0 Å². The second-order valence-electron chi connectivity index (χ2n) is 5.86. The first kappa shape index (κ1) is 17.6. The van der Waals surface area contributed by atoms with Crippen LogP contribution < -0.4 is 5.32 Å². The van der Waals surface area contributed by atoms with Crippen LogP contribution in [-0.4, -0.2) is 18.1 Å². The zero-order valence-corrected chi connectivity index (χ0v) is 14.4. The molecule has 0 fully saturated rings. The monoisotopic (exact) mass is 293 g/mol. The number of hydrogen-bond acceptors (Lipinski definition) is 2. The topological polar surface area (TPSA) is 12.0 Å². The molecule has 0 radical (unpaired) electrons. The quantitative estimate of drug-likeness (QED) is 0.604. The number of aryl methyl sites for hydroxylation is 1. The molecule has 0 bridgehead atoms. The number of benzene rings is 1. The molecule has 0 heterocycles. The van der Waals surface area contributed by atoms with Crippen molar-refractivity contribution in [3.8, 4) is 0 Å². The third-order valence-corrected chi connectivity index (χ3v) is 4.59. The smallest absolute Gasteiger partial charge is 0.0411 e. The van der Waals surface area contributed by atoms with Crippen LogP contribution in [0.15, 0.2) is 24.3 Å². The second kappa shape index (κ2) is 10.3. The maximum absolute atomic E-state index is 3.62. The van der Waals surface area contributed by atoms with Gasteiger partial charge in [-0.2, -0.15) is 11.8 Å². The summed E-state index contributed by atoms with van der Waals surface area (Å²) in [5, 5.41) is 3.62. The van der Waals surface area contributed by atoms with E-state index in [1.54, 1.807) is 0 Å². The van der Waals surface area contributed by atoms with E-state index in [1.165, 1.54) is 41.9 Å². The van der Waals surface area contributed by atoms with Crippen molar-refractivity contribution < 1.29 is 0 Å². The molecule has 1 aromatic carbocycles. The average Bonchev–Trinajstić information content (AvgIpc) is 2.43. The molecular formula is C18H31NS. The Bertz CT molecular complexity index is 345. The van der Waals surface area contributed by atoms with Gasteiger partial charge in [0.1, 0.15) is 0 Å². The lowest BCUT2D eigenvalue weighted by Crippen LogP contribution is -2.23. The first-order chi connectivity index (χ1) is 9.67.